The lowest BCUT2D eigenvalue weighted by atomic mass is 9.86. The number of hydrogen-bond donors (Lipinski definition) is 0. The number of hydrogen-bond acceptors (Lipinski definition) is 7. The molecule has 0 atom stereocenters. The second kappa shape index (κ2) is 10.9. The Morgan fingerprint density at radius 3 is 2.03 bits per heavy atom. The second-order valence-electron chi connectivity index (χ2n) is 9.69. The highest BCUT2D eigenvalue weighted by atomic mass is 32.1. The number of carbonyl (C=O) groups excluding carboxylic acids is 1. The van der Waals surface area contributed by atoms with Gasteiger partial charge in [-0.3, -0.25) is 4.90 Å². The zero-order valence-electron chi connectivity index (χ0n) is 20.7. The first-order valence-corrected chi connectivity index (χ1v) is 13.6. The fourth-order valence-electron chi connectivity index (χ4n) is 5.19. The summed E-state index contributed by atoms with van der Waals surface area (Å²) in [5.74, 6) is 0.606. The van der Waals surface area contributed by atoms with Crippen LogP contribution in [0.4, 0.5) is 5.69 Å². The van der Waals surface area contributed by atoms with Gasteiger partial charge in [0.2, 0.25) is 0 Å². The molecule has 184 valence electrons. The number of aromatic nitrogens is 2. The van der Waals surface area contributed by atoms with Crippen LogP contribution in [0.5, 0.6) is 0 Å². The Kier molecular flexibility index (Phi) is 7.44. The number of carbonyl (C=O) groups is 1. The Bertz CT molecular complexity index is 1110. The number of ether oxygens (including phenoxy) is 1. The van der Waals surface area contributed by atoms with Gasteiger partial charge in [-0.2, -0.15) is 0 Å². The maximum Gasteiger partial charge on any atom is 0.338 e. The molecular weight excluding hydrogens is 456 g/mol. The van der Waals surface area contributed by atoms with Crippen molar-refractivity contribution in [3.63, 3.8) is 0 Å². The standard InChI is InChI=1S/C28H34N4O2S/c1-3-34-28(33)23-8-6-21(7-9-23)26-29-30-27(35-26)22-10-14-25(15-11-22)32-18-16-31(17-19-32)24-12-4-20(2)5-13-24/h6-11,14-15,20,24H,3-5,12-13,16-19H2,1-2H3. The molecule has 1 saturated carbocycles. The molecule has 5 rings (SSSR count). The van der Waals surface area contributed by atoms with Crippen LogP contribution in [0, 0.1) is 5.92 Å². The van der Waals surface area contributed by atoms with Gasteiger partial charge in [-0.05, 0) is 74.9 Å². The van der Waals surface area contributed by atoms with E-state index in [4.69, 9.17) is 4.74 Å². The third kappa shape index (κ3) is 5.57. The van der Waals surface area contributed by atoms with Gasteiger partial charge in [-0.15, -0.1) is 10.2 Å². The van der Waals surface area contributed by atoms with Crippen molar-refractivity contribution in [1.82, 2.24) is 15.1 Å². The van der Waals surface area contributed by atoms with E-state index < -0.39 is 0 Å². The van der Waals surface area contributed by atoms with E-state index in [1.165, 1.54) is 31.4 Å². The minimum atomic E-state index is -0.304. The number of piperazine rings is 1. The molecule has 6 nitrogen and oxygen atoms in total. The smallest absolute Gasteiger partial charge is 0.338 e. The summed E-state index contributed by atoms with van der Waals surface area (Å²) in [5.41, 5.74) is 3.86. The van der Waals surface area contributed by atoms with Crippen LogP contribution in [0.15, 0.2) is 48.5 Å². The molecular formula is C28H34N4O2S. The van der Waals surface area contributed by atoms with E-state index in [-0.39, 0.29) is 5.97 Å². The minimum Gasteiger partial charge on any atom is -0.462 e. The van der Waals surface area contributed by atoms with Crippen molar-refractivity contribution in [2.24, 2.45) is 5.92 Å². The maximum absolute atomic E-state index is 11.9. The van der Waals surface area contributed by atoms with E-state index in [9.17, 15) is 4.79 Å². The van der Waals surface area contributed by atoms with Crippen LogP contribution >= 0.6 is 11.3 Å². The Morgan fingerprint density at radius 1 is 0.886 bits per heavy atom. The van der Waals surface area contributed by atoms with Crippen LogP contribution < -0.4 is 4.90 Å². The monoisotopic (exact) mass is 490 g/mol. The molecule has 2 aromatic carbocycles. The molecule has 2 aliphatic rings. The Hall–Kier alpha value is -2.77. The predicted molar refractivity (Wildman–Crippen MR) is 142 cm³/mol. The van der Waals surface area contributed by atoms with Gasteiger partial charge in [0.25, 0.3) is 0 Å². The van der Waals surface area contributed by atoms with Gasteiger partial charge in [-0.1, -0.05) is 30.4 Å². The number of anilines is 1. The van der Waals surface area contributed by atoms with Crippen LogP contribution in [0.3, 0.4) is 0 Å². The molecule has 1 aromatic heterocycles. The zero-order chi connectivity index (χ0) is 24.2. The van der Waals surface area contributed by atoms with E-state index >= 15 is 0 Å². The largest absolute Gasteiger partial charge is 0.462 e. The van der Waals surface area contributed by atoms with Gasteiger partial charge >= 0.3 is 5.97 Å². The predicted octanol–water partition coefficient (Wildman–Crippen LogP) is 5.75. The van der Waals surface area contributed by atoms with Crippen LogP contribution in [0.1, 0.15) is 49.9 Å². The lowest BCUT2D eigenvalue weighted by molar-refractivity contribution is 0.0526. The lowest BCUT2D eigenvalue weighted by Gasteiger charge is -2.42. The molecule has 2 fully saturated rings. The summed E-state index contributed by atoms with van der Waals surface area (Å²) in [6.07, 6.45) is 5.52. The van der Waals surface area contributed by atoms with E-state index in [1.54, 1.807) is 30.4 Å². The highest BCUT2D eigenvalue weighted by molar-refractivity contribution is 7.17. The van der Waals surface area contributed by atoms with Gasteiger partial charge in [0, 0.05) is 49.0 Å². The second-order valence-corrected chi connectivity index (χ2v) is 10.7. The van der Waals surface area contributed by atoms with E-state index in [0.29, 0.717) is 12.2 Å². The normalized spacial score (nSPS) is 21.1. The molecule has 7 heteroatoms. The Labute approximate surface area is 211 Å². The summed E-state index contributed by atoms with van der Waals surface area (Å²) in [4.78, 5) is 17.1. The molecule has 0 unspecified atom stereocenters. The summed E-state index contributed by atoms with van der Waals surface area (Å²) in [6.45, 7) is 9.08. The van der Waals surface area contributed by atoms with Crippen molar-refractivity contribution in [2.75, 3.05) is 37.7 Å². The van der Waals surface area contributed by atoms with Crippen LogP contribution in [0.2, 0.25) is 0 Å². The van der Waals surface area contributed by atoms with Crippen molar-refractivity contribution in [1.29, 1.82) is 0 Å². The number of rotatable bonds is 6. The fraction of sp³-hybridized carbons (Fsp3) is 0.464. The topological polar surface area (TPSA) is 58.6 Å². The lowest BCUT2D eigenvalue weighted by Crippen LogP contribution is -2.51. The summed E-state index contributed by atoms with van der Waals surface area (Å²) >= 11 is 1.56. The van der Waals surface area contributed by atoms with E-state index in [2.05, 4.69) is 51.2 Å². The molecule has 3 aromatic rings. The highest BCUT2D eigenvalue weighted by Crippen LogP contribution is 2.32. The Morgan fingerprint density at radius 2 is 1.46 bits per heavy atom. The Balaban J connectivity index is 1.19. The minimum absolute atomic E-state index is 0.304. The average Bonchev–Trinajstić information content (AvgIpc) is 3.40. The van der Waals surface area contributed by atoms with Crippen molar-refractivity contribution >= 4 is 23.0 Å². The summed E-state index contributed by atoms with van der Waals surface area (Å²) in [7, 11) is 0. The molecule has 0 radical (unpaired) electrons. The van der Waals surface area contributed by atoms with Crippen molar-refractivity contribution < 1.29 is 9.53 Å². The first kappa shape index (κ1) is 23.9. The molecule has 1 aliphatic carbocycles. The molecule has 0 bridgehead atoms. The van der Waals surface area contributed by atoms with Gasteiger partial charge in [0.1, 0.15) is 10.0 Å². The van der Waals surface area contributed by atoms with Gasteiger partial charge in [-0.25, -0.2) is 4.79 Å². The summed E-state index contributed by atoms with van der Waals surface area (Å²) in [6, 6.07) is 16.9. The average molecular weight is 491 g/mol. The van der Waals surface area contributed by atoms with Crippen molar-refractivity contribution in [2.45, 2.75) is 45.6 Å². The molecule has 2 heterocycles. The number of benzene rings is 2. The van der Waals surface area contributed by atoms with Gasteiger partial charge < -0.3 is 9.64 Å². The third-order valence-electron chi connectivity index (χ3n) is 7.36. The van der Waals surface area contributed by atoms with E-state index in [1.807, 2.05) is 12.1 Å². The quantitative estimate of drug-likeness (QED) is 0.410. The third-order valence-corrected chi connectivity index (χ3v) is 8.38. The molecule has 0 spiro atoms. The molecule has 35 heavy (non-hydrogen) atoms. The van der Waals surface area contributed by atoms with Crippen LogP contribution in [-0.2, 0) is 4.74 Å². The van der Waals surface area contributed by atoms with Crippen molar-refractivity contribution in [3.8, 4) is 21.1 Å². The summed E-state index contributed by atoms with van der Waals surface area (Å²) < 4.78 is 5.06. The zero-order valence-corrected chi connectivity index (χ0v) is 21.5. The van der Waals surface area contributed by atoms with Crippen LogP contribution in [-0.4, -0.2) is 59.9 Å². The number of esters is 1. The van der Waals surface area contributed by atoms with Crippen LogP contribution in [0.25, 0.3) is 21.1 Å². The molecule has 0 amide bonds. The summed E-state index contributed by atoms with van der Waals surface area (Å²) in [5, 5.41) is 10.5. The van der Waals surface area contributed by atoms with Gasteiger partial charge in [0.05, 0.1) is 12.2 Å². The number of nitrogens with zero attached hydrogens (tertiary/aromatic N) is 4. The SMILES string of the molecule is CCOC(=O)c1ccc(-c2nnc(-c3ccc(N4CCN(C5CCC(C)CC5)CC4)cc3)s2)cc1. The first-order chi connectivity index (χ1) is 17.1. The first-order valence-electron chi connectivity index (χ1n) is 12.8. The van der Waals surface area contributed by atoms with Gasteiger partial charge in [0.15, 0.2) is 0 Å². The molecule has 0 N–H and O–H groups in total. The highest BCUT2D eigenvalue weighted by Gasteiger charge is 2.27. The fourth-order valence-corrected chi connectivity index (χ4v) is 6.04. The van der Waals surface area contributed by atoms with E-state index in [0.717, 1.165) is 59.3 Å². The van der Waals surface area contributed by atoms with Crippen molar-refractivity contribution in [3.05, 3.63) is 54.1 Å². The maximum atomic E-state index is 11.9. The molecule has 1 aliphatic heterocycles. The molecule has 1 saturated heterocycles.